The number of aliphatic hydroxyl groups excluding tert-OH is 1. The molecule has 0 aromatic rings. The Labute approximate surface area is 89.5 Å². The molecule has 0 spiro atoms. The molecule has 0 saturated carbocycles. The topological polar surface area (TPSA) is 47.9 Å². The molecule has 3 aliphatic rings. The Morgan fingerprint density at radius 3 is 2.80 bits per heavy atom. The van der Waals surface area contributed by atoms with Gasteiger partial charge >= 0.3 is 0 Å². The molecule has 3 saturated heterocycles. The van der Waals surface area contributed by atoms with Crippen LogP contribution in [-0.4, -0.2) is 41.4 Å². The van der Waals surface area contributed by atoms with Crippen molar-refractivity contribution in [2.45, 2.75) is 62.8 Å². The summed E-state index contributed by atoms with van der Waals surface area (Å²) < 4.78 is 17.6. The summed E-state index contributed by atoms with van der Waals surface area (Å²) >= 11 is 0. The van der Waals surface area contributed by atoms with Crippen LogP contribution in [0.2, 0.25) is 0 Å². The van der Waals surface area contributed by atoms with Gasteiger partial charge in [-0.25, -0.2) is 0 Å². The lowest BCUT2D eigenvalue weighted by molar-refractivity contribution is -0.193. The van der Waals surface area contributed by atoms with E-state index in [2.05, 4.69) is 0 Å². The minimum Gasteiger partial charge on any atom is -0.393 e. The Morgan fingerprint density at radius 1 is 1.27 bits per heavy atom. The highest BCUT2D eigenvalue weighted by atomic mass is 16.8. The van der Waals surface area contributed by atoms with E-state index in [0.29, 0.717) is 0 Å². The summed E-state index contributed by atoms with van der Waals surface area (Å²) in [6.07, 6.45) is 3.03. The van der Waals surface area contributed by atoms with Crippen LogP contribution in [0.1, 0.15) is 33.1 Å². The van der Waals surface area contributed by atoms with Crippen molar-refractivity contribution in [3.05, 3.63) is 0 Å². The van der Waals surface area contributed by atoms with Gasteiger partial charge in [-0.1, -0.05) is 0 Å². The van der Waals surface area contributed by atoms with Gasteiger partial charge in [0.15, 0.2) is 5.79 Å². The first kappa shape index (κ1) is 10.0. The van der Waals surface area contributed by atoms with Gasteiger partial charge in [-0.05, 0) is 26.7 Å². The second-order valence-corrected chi connectivity index (χ2v) is 5.33. The van der Waals surface area contributed by atoms with Crippen LogP contribution in [0.15, 0.2) is 0 Å². The van der Waals surface area contributed by atoms with Gasteiger partial charge in [0.05, 0.1) is 18.8 Å². The van der Waals surface area contributed by atoms with Gasteiger partial charge in [-0.3, -0.25) is 0 Å². The largest absolute Gasteiger partial charge is 0.393 e. The maximum Gasteiger partial charge on any atom is 0.163 e. The molecule has 0 aliphatic carbocycles. The molecule has 15 heavy (non-hydrogen) atoms. The fraction of sp³-hybridized carbons (Fsp3) is 1.00. The normalized spacial score (nSPS) is 51.8. The molecule has 3 rings (SSSR count). The van der Waals surface area contributed by atoms with Crippen LogP contribution in [-0.2, 0) is 14.2 Å². The van der Waals surface area contributed by atoms with Crippen molar-refractivity contribution in [1.82, 2.24) is 0 Å². The zero-order valence-electron chi connectivity index (χ0n) is 9.23. The predicted octanol–water partition coefficient (Wildman–Crippen LogP) is 0.820. The molecule has 3 aliphatic heterocycles. The highest BCUT2D eigenvalue weighted by Gasteiger charge is 2.60. The summed E-state index contributed by atoms with van der Waals surface area (Å²) in [7, 11) is 0. The average molecular weight is 214 g/mol. The van der Waals surface area contributed by atoms with Crippen molar-refractivity contribution in [2.24, 2.45) is 0 Å². The van der Waals surface area contributed by atoms with E-state index in [0.717, 1.165) is 19.3 Å². The monoisotopic (exact) mass is 214 g/mol. The van der Waals surface area contributed by atoms with Gasteiger partial charge in [-0.2, -0.15) is 0 Å². The van der Waals surface area contributed by atoms with Crippen LogP contribution in [0.25, 0.3) is 0 Å². The van der Waals surface area contributed by atoms with Crippen LogP contribution in [0.3, 0.4) is 0 Å². The number of hydrogen-bond acceptors (Lipinski definition) is 4. The molecule has 4 atom stereocenters. The molecular formula is C11H18O4. The van der Waals surface area contributed by atoms with Crippen LogP contribution < -0.4 is 0 Å². The smallest absolute Gasteiger partial charge is 0.163 e. The number of fused-ring (bicyclic) bond motifs is 4. The molecule has 0 radical (unpaired) electrons. The Bertz CT molecular complexity index is 278. The number of ether oxygens (including phenoxy) is 3. The zero-order chi connectivity index (χ0) is 10.7. The molecule has 86 valence electrons. The van der Waals surface area contributed by atoms with E-state index < -0.39 is 11.4 Å². The van der Waals surface area contributed by atoms with Crippen LogP contribution >= 0.6 is 0 Å². The fourth-order valence-electron chi connectivity index (χ4n) is 3.15. The molecule has 4 heteroatoms. The summed E-state index contributed by atoms with van der Waals surface area (Å²) in [5.74, 6) is -0.536. The van der Waals surface area contributed by atoms with E-state index in [1.165, 1.54) is 0 Å². The van der Waals surface area contributed by atoms with Gasteiger partial charge in [0.2, 0.25) is 0 Å². The summed E-state index contributed by atoms with van der Waals surface area (Å²) in [5.41, 5.74) is -0.499. The van der Waals surface area contributed by atoms with Crippen LogP contribution in [0, 0.1) is 0 Å². The highest BCUT2D eigenvalue weighted by molar-refractivity contribution is 5.06. The van der Waals surface area contributed by atoms with E-state index in [-0.39, 0.29) is 24.9 Å². The van der Waals surface area contributed by atoms with Crippen molar-refractivity contribution < 1.29 is 19.3 Å². The lowest BCUT2D eigenvalue weighted by Gasteiger charge is -2.39. The van der Waals surface area contributed by atoms with E-state index in [9.17, 15) is 5.11 Å². The molecule has 2 bridgehead atoms. The van der Waals surface area contributed by atoms with Crippen LogP contribution in [0.4, 0.5) is 0 Å². The second-order valence-electron chi connectivity index (χ2n) is 5.33. The van der Waals surface area contributed by atoms with Crippen molar-refractivity contribution in [2.75, 3.05) is 6.61 Å². The van der Waals surface area contributed by atoms with Gasteiger partial charge in [-0.15, -0.1) is 0 Å². The molecule has 3 fully saturated rings. The summed E-state index contributed by atoms with van der Waals surface area (Å²) in [6.45, 7) is 3.87. The molecule has 0 aromatic carbocycles. The quantitative estimate of drug-likeness (QED) is 0.702. The first-order chi connectivity index (χ1) is 7.05. The standard InChI is InChI=1S/C11H18O4/c1-10(2)14-8-5-7-3-4-11(6-12,13-7)9(8)15-10/h7-9,12H,3-6H2,1-2H3. The average Bonchev–Trinajstić information content (AvgIpc) is 2.67. The van der Waals surface area contributed by atoms with Gasteiger partial charge in [0.25, 0.3) is 0 Å². The molecule has 4 unspecified atom stereocenters. The van der Waals surface area contributed by atoms with E-state index in [1.807, 2.05) is 13.8 Å². The molecule has 4 nitrogen and oxygen atoms in total. The molecule has 3 heterocycles. The van der Waals surface area contributed by atoms with Gasteiger partial charge in [0, 0.05) is 6.42 Å². The molecule has 1 N–H and O–H groups in total. The molecule has 0 aromatic heterocycles. The summed E-state index contributed by atoms with van der Waals surface area (Å²) in [6, 6.07) is 0. The maximum absolute atomic E-state index is 9.52. The van der Waals surface area contributed by atoms with Crippen molar-refractivity contribution in [3.63, 3.8) is 0 Å². The summed E-state index contributed by atoms with van der Waals surface area (Å²) in [4.78, 5) is 0. The first-order valence-corrected chi connectivity index (χ1v) is 5.69. The lowest BCUT2D eigenvalue weighted by Crippen LogP contribution is -2.54. The van der Waals surface area contributed by atoms with Crippen LogP contribution in [0.5, 0.6) is 0 Å². The predicted molar refractivity (Wildman–Crippen MR) is 52.4 cm³/mol. The summed E-state index contributed by atoms with van der Waals surface area (Å²) in [5, 5.41) is 9.52. The Kier molecular flexibility index (Phi) is 1.97. The third-order valence-electron chi connectivity index (χ3n) is 3.76. The molecule has 0 amide bonds. The SMILES string of the molecule is CC1(C)OC2CC3CCC(CO)(O3)C2O1. The second kappa shape index (κ2) is 2.94. The van der Waals surface area contributed by atoms with Gasteiger partial charge < -0.3 is 19.3 Å². The number of hydrogen-bond donors (Lipinski definition) is 1. The lowest BCUT2D eigenvalue weighted by atomic mass is 9.90. The fourth-order valence-corrected chi connectivity index (χ4v) is 3.15. The number of rotatable bonds is 1. The third kappa shape index (κ3) is 1.35. The number of aliphatic hydroxyl groups is 1. The third-order valence-corrected chi connectivity index (χ3v) is 3.76. The van der Waals surface area contributed by atoms with Crippen molar-refractivity contribution in [1.29, 1.82) is 0 Å². The van der Waals surface area contributed by atoms with Gasteiger partial charge in [0.1, 0.15) is 11.7 Å². The van der Waals surface area contributed by atoms with E-state index in [1.54, 1.807) is 0 Å². The maximum atomic E-state index is 9.52. The minimum absolute atomic E-state index is 0.0319. The first-order valence-electron chi connectivity index (χ1n) is 5.69. The zero-order valence-corrected chi connectivity index (χ0v) is 9.23. The Hall–Kier alpha value is -0.160. The Balaban J connectivity index is 1.91. The molecular weight excluding hydrogens is 196 g/mol. The van der Waals surface area contributed by atoms with Crippen molar-refractivity contribution >= 4 is 0 Å². The van der Waals surface area contributed by atoms with Crippen molar-refractivity contribution in [3.8, 4) is 0 Å². The highest BCUT2D eigenvalue weighted by Crippen LogP contribution is 2.48. The Morgan fingerprint density at radius 2 is 2.07 bits per heavy atom. The van der Waals surface area contributed by atoms with E-state index >= 15 is 0 Å². The minimum atomic E-state index is -0.536. The van der Waals surface area contributed by atoms with E-state index in [4.69, 9.17) is 14.2 Å².